The van der Waals surface area contributed by atoms with Gasteiger partial charge in [0, 0.05) is 21.8 Å². The molecule has 0 heterocycles. The van der Waals surface area contributed by atoms with Gasteiger partial charge in [-0.1, -0.05) is 13.8 Å². The Hall–Kier alpha value is -1.03. The van der Waals surface area contributed by atoms with Gasteiger partial charge in [0.2, 0.25) is 0 Å². The molecule has 0 aliphatic heterocycles. The van der Waals surface area contributed by atoms with Crippen molar-refractivity contribution in [2.45, 2.75) is 39.2 Å². The molecule has 0 bridgehead atoms. The lowest BCUT2D eigenvalue weighted by molar-refractivity contribution is 0.0899. The van der Waals surface area contributed by atoms with E-state index >= 15 is 0 Å². The Morgan fingerprint density at radius 3 is 2.74 bits per heavy atom. The topological polar surface area (TPSA) is 55.1 Å². The summed E-state index contributed by atoms with van der Waals surface area (Å²) in [7, 11) is 0. The number of rotatable bonds is 2. The number of benzene rings is 1. The molecule has 0 aromatic heterocycles. The lowest BCUT2D eigenvalue weighted by Crippen LogP contribution is -2.42. The van der Waals surface area contributed by atoms with Gasteiger partial charge in [-0.3, -0.25) is 4.79 Å². The second-order valence-corrected chi connectivity index (χ2v) is 6.57. The van der Waals surface area contributed by atoms with Gasteiger partial charge in [-0.25, -0.2) is 0 Å². The van der Waals surface area contributed by atoms with Crippen LogP contribution in [0.5, 0.6) is 0 Å². The monoisotopic (exact) mass is 324 g/mol. The summed E-state index contributed by atoms with van der Waals surface area (Å²) in [5.41, 5.74) is 7.04. The minimum Gasteiger partial charge on any atom is -0.398 e. The van der Waals surface area contributed by atoms with Crippen LogP contribution in [0.15, 0.2) is 22.7 Å². The molecule has 1 saturated carbocycles. The van der Waals surface area contributed by atoms with Crippen LogP contribution in [0.4, 0.5) is 5.69 Å². The van der Waals surface area contributed by atoms with Gasteiger partial charge in [0.05, 0.1) is 0 Å². The molecule has 1 fully saturated rings. The standard InChI is InChI=1S/C15H21BrN2O/c1-9-3-6-14(10(2)7-9)18-15(19)11-4-5-13(17)12(16)8-11/h4-5,8-10,14H,3,6-7,17H2,1-2H3,(H,18,19). The van der Waals surface area contributed by atoms with Gasteiger partial charge in [0.25, 0.3) is 5.91 Å². The van der Waals surface area contributed by atoms with Crippen LogP contribution in [0.25, 0.3) is 0 Å². The first-order valence-corrected chi connectivity index (χ1v) is 7.62. The van der Waals surface area contributed by atoms with Crippen molar-refractivity contribution in [3.63, 3.8) is 0 Å². The van der Waals surface area contributed by atoms with Crippen LogP contribution in [-0.4, -0.2) is 11.9 Å². The fraction of sp³-hybridized carbons (Fsp3) is 0.533. The highest BCUT2D eigenvalue weighted by atomic mass is 79.9. The molecule has 0 saturated heterocycles. The van der Waals surface area contributed by atoms with Crippen LogP contribution in [0.1, 0.15) is 43.5 Å². The lowest BCUT2D eigenvalue weighted by atomic mass is 9.80. The molecule has 1 aliphatic carbocycles. The predicted molar refractivity (Wildman–Crippen MR) is 82.0 cm³/mol. The number of nitrogen functional groups attached to an aromatic ring is 1. The Balaban J connectivity index is 2.02. The largest absolute Gasteiger partial charge is 0.398 e. The van der Waals surface area contributed by atoms with E-state index in [1.807, 2.05) is 0 Å². The number of hydrogen-bond donors (Lipinski definition) is 2. The molecule has 0 radical (unpaired) electrons. The summed E-state index contributed by atoms with van der Waals surface area (Å²) in [5, 5.41) is 3.15. The number of nitrogens with one attached hydrogen (secondary N) is 1. The Labute approximate surface area is 123 Å². The molecule has 3 nitrogen and oxygen atoms in total. The Morgan fingerprint density at radius 2 is 2.11 bits per heavy atom. The van der Waals surface area contributed by atoms with E-state index in [2.05, 4.69) is 35.1 Å². The summed E-state index contributed by atoms with van der Waals surface area (Å²) in [6.07, 6.45) is 3.46. The molecular weight excluding hydrogens is 304 g/mol. The van der Waals surface area contributed by atoms with Crippen LogP contribution >= 0.6 is 15.9 Å². The third-order valence-corrected chi connectivity index (χ3v) is 4.70. The van der Waals surface area contributed by atoms with Crippen LogP contribution in [0, 0.1) is 11.8 Å². The maximum absolute atomic E-state index is 12.2. The molecule has 3 N–H and O–H groups in total. The molecule has 4 heteroatoms. The van der Waals surface area contributed by atoms with E-state index in [-0.39, 0.29) is 5.91 Å². The molecule has 2 rings (SSSR count). The van der Waals surface area contributed by atoms with Gasteiger partial charge >= 0.3 is 0 Å². The average molecular weight is 325 g/mol. The highest BCUT2D eigenvalue weighted by Crippen LogP contribution is 2.29. The molecule has 1 amide bonds. The fourth-order valence-corrected chi connectivity index (χ4v) is 3.18. The number of halogens is 1. The molecule has 1 aromatic carbocycles. The van der Waals surface area contributed by atoms with Crippen LogP contribution in [-0.2, 0) is 0 Å². The number of nitrogens with two attached hydrogens (primary N) is 1. The van der Waals surface area contributed by atoms with E-state index in [0.717, 1.165) is 16.8 Å². The van der Waals surface area contributed by atoms with Gasteiger partial charge in [-0.05, 0) is 65.2 Å². The van der Waals surface area contributed by atoms with E-state index in [4.69, 9.17) is 5.73 Å². The van der Waals surface area contributed by atoms with Gasteiger partial charge in [-0.15, -0.1) is 0 Å². The minimum absolute atomic E-state index is 0.00731. The van der Waals surface area contributed by atoms with Crippen molar-refractivity contribution >= 4 is 27.5 Å². The highest BCUT2D eigenvalue weighted by Gasteiger charge is 2.26. The van der Waals surface area contributed by atoms with Gasteiger partial charge in [-0.2, -0.15) is 0 Å². The van der Waals surface area contributed by atoms with Crippen molar-refractivity contribution in [3.8, 4) is 0 Å². The first kappa shape index (κ1) is 14.4. The minimum atomic E-state index is -0.00731. The Morgan fingerprint density at radius 1 is 1.37 bits per heavy atom. The molecule has 1 aromatic rings. The van der Waals surface area contributed by atoms with Crippen molar-refractivity contribution in [2.75, 3.05) is 5.73 Å². The second kappa shape index (κ2) is 5.95. The number of anilines is 1. The molecule has 3 atom stereocenters. The fourth-order valence-electron chi connectivity index (χ4n) is 2.80. The average Bonchev–Trinajstić information content (AvgIpc) is 2.36. The zero-order valence-electron chi connectivity index (χ0n) is 11.4. The summed E-state index contributed by atoms with van der Waals surface area (Å²) in [5.74, 6) is 1.31. The zero-order valence-corrected chi connectivity index (χ0v) is 13.0. The molecule has 0 spiro atoms. The first-order valence-electron chi connectivity index (χ1n) is 6.83. The molecule has 19 heavy (non-hydrogen) atoms. The maximum atomic E-state index is 12.2. The van der Waals surface area contributed by atoms with E-state index in [1.54, 1.807) is 18.2 Å². The number of amides is 1. The predicted octanol–water partition coefficient (Wildman–Crippen LogP) is 3.59. The molecular formula is C15H21BrN2O. The zero-order chi connectivity index (χ0) is 14.0. The van der Waals surface area contributed by atoms with Crippen molar-refractivity contribution < 1.29 is 4.79 Å². The number of carbonyl (C=O) groups excluding carboxylic acids is 1. The van der Waals surface area contributed by atoms with Crippen molar-refractivity contribution in [3.05, 3.63) is 28.2 Å². The van der Waals surface area contributed by atoms with Crippen LogP contribution in [0.3, 0.4) is 0 Å². The third-order valence-electron chi connectivity index (χ3n) is 4.01. The smallest absolute Gasteiger partial charge is 0.251 e. The Kier molecular flexibility index (Phi) is 4.50. The lowest BCUT2D eigenvalue weighted by Gasteiger charge is -2.33. The first-order chi connectivity index (χ1) is 8.97. The quantitative estimate of drug-likeness (QED) is 0.817. The third kappa shape index (κ3) is 3.50. The summed E-state index contributed by atoms with van der Waals surface area (Å²) in [4.78, 5) is 12.2. The maximum Gasteiger partial charge on any atom is 0.251 e. The van der Waals surface area contributed by atoms with Gasteiger partial charge in [0.15, 0.2) is 0 Å². The van der Waals surface area contributed by atoms with E-state index in [1.165, 1.54) is 12.8 Å². The summed E-state index contributed by atoms with van der Waals surface area (Å²) in [6, 6.07) is 5.59. The normalized spacial score (nSPS) is 27.0. The molecule has 3 unspecified atom stereocenters. The van der Waals surface area contributed by atoms with Crippen molar-refractivity contribution in [1.29, 1.82) is 0 Å². The highest BCUT2D eigenvalue weighted by molar-refractivity contribution is 9.10. The van der Waals surface area contributed by atoms with E-state index < -0.39 is 0 Å². The van der Waals surface area contributed by atoms with Crippen LogP contribution < -0.4 is 11.1 Å². The summed E-state index contributed by atoms with van der Waals surface area (Å²) >= 11 is 3.35. The summed E-state index contributed by atoms with van der Waals surface area (Å²) in [6.45, 7) is 4.51. The van der Waals surface area contributed by atoms with Crippen molar-refractivity contribution in [2.24, 2.45) is 11.8 Å². The molecule has 1 aliphatic rings. The van der Waals surface area contributed by atoms with Crippen molar-refractivity contribution in [1.82, 2.24) is 5.32 Å². The molecule has 104 valence electrons. The second-order valence-electron chi connectivity index (χ2n) is 5.71. The van der Waals surface area contributed by atoms with Gasteiger partial charge in [0.1, 0.15) is 0 Å². The Bertz CT molecular complexity index is 475. The van der Waals surface area contributed by atoms with Gasteiger partial charge < -0.3 is 11.1 Å². The van der Waals surface area contributed by atoms with E-state index in [0.29, 0.717) is 23.2 Å². The SMILES string of the molecule is CC1CCC(NC(=O)c2ccc(N)c(Br)c2)C(C)C1. The number of hydrogen-bond acceptors (Lipinski definition) is 2. The van der Waals surface area contributed by atoms with Crippen LogP contribution in [0.2, 0.25) is 0 Å². The number of carbonyl (C=O) groups is 1. The summed E-state index contributed by atoms with van der Waals surface area (Å²) < 4.78 is 0.769. The van der Waals surface area contributed by atoms with E-state index in [9.17, 15) is 4.79 Å².